The van der Waals surface area contributed by atoms with Gasteiger partial charge in [-0.05, 0) is 18.2 Å². The second kappa shape index (κ2) is 3.57. The standard InChI is InChI=1S/C11H10N2O2/c1-15-11(14)8-2-3-10(12)9-6-13-5-4-7(8)9/h2-6H,12H2,1H3. The van der Waals surface area contributed by atoms with Crippen molar-refractivity contribution in [2.45, 2.75) is 0 Å². The van der Waals surface area contributed by atoms with Gasteiger partial charge in [-0.2, -0.15) is 0 Å². The van der Waals surface area contributed by atoms with Crippen LogP contribution in [0.5, 0.6) is 0 Å². The number of esters is 1. The summed E-state index contributed by atoms with van der Waals surface area (Å²) in [6.07, 6.45) is 3.26. The van der Waals surface area contributed by atoms with Crippen molar-refractivity contribution in [2.24, 2.45) is 0 Å². The van der Waals surface area contributed by atoms with E-state index in [4.69, 9.17) is 5.73 Å². The van der Waals surface area contributed by atoms with Gasteiger partial charge in [-0.25, -0.2) is 4.79 Å². The quantitative estimate of drug-likeness (QED) is 0.563. The second-order valence-electron chi connectivity index (χ2n) is 3.12. The molecule has 0 saturated heterocycles. The van der Waals surface area contributed by atoms with Gasteiger partial charge in [0.1, 0.15) is 0 Å². The summed E-state index contributed by atoms with van der Waals surface area (Å²) in [5, 5.41) is 1.53. The molecule has 76 valence electrons. The van der Waals surface area contributed by atoms with Crippen LogP contribution < -0.4 is 5.73 Å². The molecule has 0 fully saturated rings. The van der Waals surface area contributed by atoms with Gasteiger partial charge < -0.3 is 10.5 Å². The molecule has 0 saturated carbocycles. The smallest absolute Gasteiger partial charge is 0.338 e. The fraction of sp³-hybridized carbons (Fsp3) is 0.0909. The Kier molecular flexibility index (Phi) is 2.25. The molecule has 1 aromatic carbocycles. The van der Waals surface area contributed by atoms with E-state index in [1.54, 1.807) is 30.6 Å². The van der Waals surface area contributed by atoms with Crippen molar-refractivity contribution >= 4 is 22.4 Å². The summed E-state index contributed by atoms with van der Waals surface area (Å²) in [6.45, 7) is 0. The molecule has 4 heteroatoms. The van der Waals surface area contributed by atoms with Crippen LogP contribution in [0, 0.1) is 0 Å². The number of anilines is 1. The number of ether oxygens (including phenoxy) is 1. The van der Waals surface area contributed by atoms with E-state index in [9.17, 15) is 4.79 Å². The Hall–Kier alpha value is -2.10. The van der Waals surface area contributed by atoms with Crippen LogP contribution in [-0.2, 0) is 4.74 Å². The van der Waals surface area contributed by atoms with Crippen LogP contribution in [0.4, 0.5) is 5.69 Å². The lowest BCUT2D eigenvalue weighted by Gasteiger charge is -2.06. The topological polar surface area (TPSA) is 65.2 Å². The zero-order chi connectivity index (χ0) is 10.8. The normalized spacial score (nSPS) is 10.2. The molecule has 1 heterocycles. The summed E-state index contributed by atoms with van der Waals surface area (Å²) in [5.74, 6) is -0.369. The first-order valence-electron chi connectivity index (χ1n) is 4.44. The number of carbonyl (C=O) groups is 1. The number of nitrogen functional groups attached to an aromatic ring is 1. The monoisotopic (exact) mass is 202 g/mol. The Bertz CT molecular complexity index is 523. The van der Waals surface area contributed by atoms with Crippen molar-refractivity contribution in [1.29, 1.82) is 0 Å². The van der Waals surface area contributed by atoms with Crippen molar-refractivity contribution in [2.75, 3.05) is 12.8 Å². The lowest BCUT2D eigenvalue weighted by molar-refractivity contribution is 0.0603. The largest absolute Gasteiger partial charge is 0.465 e. The maximum absolute atomic E-state index is 11.5. The minimum atomic E-state index is -0.369. The molecule has 1 aromatic heterocycles. The lowest BCUT2D eigenvalue weighted by Crippen LogP contribution is -2.03. The van der Waals surface area contributed by atoms with Gasteiger partial charge in [-0.1, -0.05) is 0 Å². The Balaban J connectivity index is 2.77. The average molecular weight is 202 g/mol. The number of fused-ring (bicyclic) bond motifs is 1. The van der Waals surface area contributed by atoms with Gasteiger partial charge in [-0.15, -0.1) is 0 Å². The molecule has 2 N–H and O–H groups in total. The number of methoxy groups -OCH3 is 1. The molecule has 0 aliphatic rings. The van der Waals surface area contributed by atoms with Crippen LogP contribution in [0.2, 0.25) is 0 Å². The Morgan fingerprint density at radius 1 is 1.33 bits per heavy atom. The van der Waals surface area contributed by atoms with Crippen molar-refractivity contribution in [1.82, 2.24) is 4.98 Å². The molecule has 0 aliphatic carbocycles. The van der Waals surface area contributed by atoms with Crippen LogP contribution in [0.3, 0.4) is 0 Å². The molecule has 0 unspecified atom stereocenters. The number of hydrogen-bond acceptors (Lipinski definition) is 4. The molecule has 2 aromatic rings. The van der Waals surface area contributed by atoms with E-state index in [0.717, 1.165) is 10.8 Å². The fourth-order valence-electron chi connectivity index (χ4n) is 1.50. The number of carbonyl (C=O) groups excluding carboxylic acids is 1. The maximum Gasteiger partial charge on any atom is 0.338 e. The van der Waals surface area contributed by atoms with Gasteiger partial charge in [-0.3, -0.25) is 4.98 Å². The summed E-state index contributed by atoms with van der Waals surface area (Å²) in [5.41, 5.74) is 6.88. The summed E-state index contributed by atoms with van der Waals surface area (Å²) in [6, 6.07) is 5.08. The number of hydrogen-bond donors (Lipinski definition) is 1. The van der Waals surface area contributed by atoms with Crippen LogP contribution in [0.15, 0.2) is 30.6 Å². The zero-order valence-corrected chi connectivity index (χ0v) is 8.23. The van der Waals surface area contributed by atoms with Gasteiger partial charge in [0.2, 0.25) is 0 Å². The van der Waals surface area contributed by atoms with E-state index in [1.165, 1.54) is 7.11 Å². The van der Waals surface area contributed by atoms with E-state index in [1.807, 2.05) is 0 Å². The third-order valence-corrected chi connectivity index (χ3v) is 2.26. The Labute approximate surface area is 86.7 Å². The molecule has 0 bridgehead atoms. The molecule has 2 rings (SSSR count). The number of rotatable bonds is 1. The highest BCUT2D eigenvalue weighted by molar-refractivity contribution is 6.07. The highest BCUT2D eigenvalue weighted by Gasteiger charge is 2.11. The van der Waals surface area contributed by atoms with E-state index >= 15 is 0 Å². The zero-order valence-electron chi connectivity index (χ0n) is 8.23. The van der Waals surface area contributed by atoms with Crippen molar-refractivity contribution < 1.29 is 9.53 Å². The highest BCUT2D eigenvalue weighted by Crippen LogP contribution is 2.23. The minimum absolute atomic E-state index is 0.369. The van der Waals surface area contributed by atoms with Gasteiger partial charge in [0.05, 0.1) is 12.7 Å². The van der Waals surface area contributed by atoms with Crippen LogP contribution >= 0.6 is 0 Å². The summed E-state index contributed by atoms with van der Waals surface area (Å²) < 4.78 is 4.68. The SMILES string of the molecule is COC(=O)c1ccc(N)c2cnccc12. The summed E-state index contributed by atoms with van der Waals surface area (Å²) in [7, 11) is 1.35. The predicted octanol–water partition coefficient (Wildman–Crippen LogP) is 1.60. The maximum atomic E-state index is 11.5. The molecule has 0 atom stereocenters. The number of nitrogens with zero attached hydrogens (tertiary/aromatic N) is 1. The van der Waals surface area contributed by atoms with E-state index in [-0.39, 0.29) is 5.97 Å². The van der Waals surface area contributed by atoms with Gasteiger partial charge >= 0.3 is 5.97 Å². The second-order valence-corrected chi connectivity index (χ2v) is 3.12. The number of nitrogens with two attached hydrogens (primary N) is 1. The van der Waals surface area contributed by atoms with Gasteiger partial charge in [0.25, 0.3) is 0 Å². The molecule has 0 spiro atoms. The van der Waals surface area contributed by atoms with E-state index in [0.29, 0.717) is 11.3 Å². The molecular weight excluding hydrogens is 192 g/mol. The van der Waals surface area contributed by atoms with Crippen LogP contribution in [0.25, 0.3) is 10.8 Å². The van der Waals surface area contributed by atoms with E-state index < -0.39 is 0 Å². The predicted molar refractivity (Wildman–Crippen MR) is 57.5 cm³/mol. The Morgan fingerprint density at radius 3 is 2.87 bits per heavy atom. The fourth-order valence-corrected chi connectivity index (χ4v) is 1.50. The summed E-state index contributed by atoms with van der Waals surface area (Å²) >= 11 is 0. The summed E-state index contributed by atoms with van der Waals surface area (Å²) in [4.78, 5) is 15.4. The molecular formula is C11H10N2O2. The van der Waals surface area contributed by atoms with Crippen molar-refractivity contribution in [3.63, 3.8) is 0 Å². The first kappa shape index (κ1) is 9.45. The number of aromatic nitrogens is 1. The third kappa shape index (κ3) is 1.50. The van der Waals surface area contributed by atoms with Gasteiger partial charge in [0.15, 0.2) is 0 Å². The Morgan fingerprint density at radius 2 is 2.13 bits per heavy atom. The van der Waals surface area contributed by atoms with Crippen molar-refractivity contribution in [3.05, 3.63) is 36.2 Å². The molecule has 0 amide bonds. The first-order valence-corrected chi connectivity index (χ1v) is 4.44. The van der Waals surface area contributed by atoms with Crippen molar-refractivity contribution in [3.8, 4) is 0 Å². The highest BCUT2D eigenvalue weighted by atomic mass is 16.5. The average Bonchev–Trinajstić information content (AvgIpc) is 2.29. The number of pyridine rings is 1. The lowest BCUT2D eigenvalue weighted by atomic mass is 10.1. The molecule has 4 nitrogen and oxygen atoms in total. The first-order chi connectivity index (χ1) is 7.24. The van der Waals surface area contributed by atoms with Crippen LogP contribution in [0.1, 0.15) is 10.4 Å². The minimum Gasteiger partial charge on any atom is -0.465 e. The molecule has 15 heavy (non-hydrogen) atoms. The number of benzene rings is 1. The van der Waals surface area contributed by atoms with Crippen LogP contribution in [-0.4, -0.2) is 18.1 Å². The van der Waals surface area contributed by atoms with E-state index in [2.05, 4.69) is 9.72 Å². The third-order valence-electron chi connectivity index (χ3n) is 2.26. The van der Waals surface area contributed by atoms with Gasteiger partial charge in [0, 0.05) is 28.9 Å². The molecule has 0 aliphatic heterocycles. The molecule has 0 radical (unpaired) electrons.